The molecule has 1 N–H and O–H groups in total. The molecule has 2 heterocycles. The minimum Gasteiger partial charge on any atom is -0.342 e. The summed E-state index contributed by atoms with van der Waals surface area (Å²) >= 11 is 5.97. The van der Waals surface area contributed by atoms with Crippen molar-refractivity contribution < 1.29 is 13.2 Å². The first-order valence-corrected chi connectivity index (χ1v) is 11.9. The fourth-order valence-electron chi connectivity index (χ4n) is 3.75. The Morgan fingerprint density at radius 2 is 1.97 bits per heavy atom. The minimum absolute atomic E-state index is 0.0518. The molecule has 0 spiro atoms. The summed E-state index contributed by atoms with van der Waals surface area (Å²) in [5, 5.41) is 5.27. The lowest BCUT2D eigenvalue weighted by atomic mass is 9.97. The van der Waals surface area contributed by atoms with Crippen molar-refractivity contribution >= 4 is 27.5 Å². The van der Waals surface area contributed by atoms with Crippen LogP contribution in [0.15, 0.2) is 24.3 Å². The van der Waals surface area contributed by atoms with Crippen LogP contribution in [-0.4, -0.2) is 54.9 Å². The molecule has 7 nitrogen and oxygen atoms in total. The number of benzene rings is 1. The van der Waals surface area contributed by atoms with Gasteiger partial charge in [0.1, 0.15) is 0 Å². The number of carbonyl (C=O) groups excluding carboxylic acids is 1. The van der Waals surface area contributed by atoms with E-state index >= 15 is 0 Å². The highest BCUT2D eigenvalue weighted by atomic mass is 35.5. The normalized spacial score (nSPS) is 17.5. The van der Waals surface area contributed by atoms with Crippen molar-refractivity contribution in [3.63, 3.8) is 0 Å². The molecule has 3 rings (SSSR count). The number of carbonyl (C=O) groups is 1. The van der Waals surface area contributed by atoms with Crippen LogP contribution < -0.4 is 4.72 Å². The molecule has 1 amide bonds. The van der Waals surface area contributed by atoms with E-state index in [4.69, 9.17) is 11.6 Å². The van der Waals surface area contributed by atoms with Gasteiger partial charge >= 0.3 is 0 Å². The van der Waals surface area contributed by atoms with Crippen molar-refractivity contribution in [3.05, 3.63) is 46.2 Å². The van der Waals surface area contributed by atoms with E-state index in [1.165, 1.54) is 0 Å². The maximum atomic E-state index is 12.9. The van der Waals surface area contributed by atoms with Crippen LogP contribution in [0.2, 0.25) is 5.02 Å². The van der Waals surface area contributed by atoms with Gasteiger partial charge in [0.2, 0.25) is 15.9 Å². The SMILES string of the molecule is Cc1nn(-c2ccc(Cl)cc2)c(C)c1CC(=O)N1CCCC(CNS(C)(=O)=O)C1. The van der Waals surface area contributed by atoms with Crippen LogP contribution in [0.1, 0.15) is 29.8 Å². The molecule has 0 bridgehead atoms. The Balaban J connectivity index is 1.69. The number of nitrogens with zero attached hydrogens (tertiary/aromatic N) is 3. The Morgan fingerprint density at radius 1 is 1.28 bits per heavy atom. The monoisotopic (exact) mass is 438 g/mol. The number of amides is 1. The van der Waals surface area contributed by atoms with Crippen LogP contribution in [0.4, 0.5) is 0 Å². The Morgan fingerprint density at radius 3 is 2.62 bits per heavy atom. The summed E-state index contributed by atoms with van der Waals surface area (Å²) in [6, 6.07) is 7.43. The lowest BCUT2D eigenvalue weighted by molar-refractivity contribution is -0.132. The third kappa shape index (κ3) is 5.58. The van der Waals surface area contributed by atoms with Gasteiger partial charge in [-0.25, -0.2) is 17.8 Å². The Kier molecular flexibility index (Phi) is 6.65. The molecule has 1 aromatic heterocycles. The van der Waals surface area contributed by atoms with Crippen LogP contribution >= 0.6 is 11.6 Å². The minimum atomic E-state index is -3.22. The third-order valence-corrected chi connectivity index (χ3v) is 6.29. The van der Waals surface area contributed by atoms with E-state index < -0.39 is 10.0 Å². The van der Waals surface area contributed by atoms with Crippen molar-refractivity contribution in [2.75, 3.05) is 25.9 Å². The first-order chi connectivity index (χ1) is 13.6. The number of sulfonamides is 1. The molecule has 1 unspecified atom stereocenters. The van der Waals surface area contributed by atoms with Crippen LogP contribution in [0.25, 0.3) is 5.69 Å². The molecule has 29 heavy (non-hydrogen) atoms. The maximum Gasteiger partial charge on any atom is 0.227 e. The average molecular weight is 439 g/mol. The van der Waals surface area contributed by atoms with Gasteiger partial charge in [-0.15, -0.1) is 0 Å². The van der Waals surface area contributed by atoms with E-state index in [9.17, 15) is 13.2 Å². The molecule has 1 aromatic carbocycles. The molecule has 0 aliphatic carbocycles. The molecular weight excluding hydrogens is 412 g/mol. The van der Waals surface area contributed by atoms with Gasteiger partial charge in [-0.1, -0.05) is 11.6 Å². The zero-order valence-electron chi connectivity index (χ0n) is 17.0. The number of hydrogen-bond acceptors (Lipinski definition) is 4. The molecule has 1 saturated heterocycles. The van der Waals surface area contributed by atoms with E-state index in [1.54, 1.807) is 0 Å². The molecule has 1 fully saturated rings. The molecule has 1 aliphatic rings. The zero-order chi connectivity index (χ0) is 21.2. The number of piperidine rings is 1. The van der Waals surface area contributed by atoms with Crippen molar-refractivity contribution in [1.82, 2.24) is 19.4 Å². The van der Waals surface area contributed by atoms with Gasteiger partial charge < -0.3 is 4.90 Å². The maximum absolute atomic E-state index is 12.9. The summed E-state index contributed by atoms with van der Waals surface area (Å²) in [4.78, 5) is 14.8. The predicted molar refractivity (Wildman–Crippen MR) is 114 cm³/mol. The van der Waals surface area contributed by atoms with Crippen molar-refractivity contribution in [1.29, 1.82) is 0 Å². The molecule has 2 aromatic rings. The number of hydrogen-bond donors (Lipinski definition) is 1. The standard InChI is InChI=1S/C20H27ClN4O3S/c1-14-19(15(2)25(23-14)18-8-6-17(21)7-9-18)11-20(26)24-10-4-5-16(13-24)12-22-29(3,27)28/h6-9,16,22H,4-5,10-13H2,1-3H3. The highest BCUT2D eigenvalue weighted by Gasteiger charge is 2.26. The van der Waals surface area contributed by atoms with E-state index in [-0.39, 0.29) is 18.2 Å². The molecule has 1 aliphatic heterocycles. The fourth-order valence-corrected chi connectivity index (χ4v) is 4.42. The first kappa shape index (κ1) is 21.8. The van der Waals surface area contributed by atoms with Crippen LogP contribution in [0, 0.1) is 19.8 Å². The second kappa shape index (κ2) is 8.85. The van der Waals surface area contributed by atoms with E-state index in [1.807, 2.05) is 47.7 Å². The number of halogens is 1. The van der Waals surface area contributed by atoms with E-state index in [2.05, 4.69) is 9.82 Å². The highest BCUT2D eigenvalue weighted by molar-refractivity contribution is 7.88. The number of nitrogens with one attached hydrogen (secondary N) is 1. The average Bonchev–Trinajstić information content (AvgIpc) is 2.95. The van der Waals surface area contributed by atoms with Gasteiger partial charge in [0.05, 0.1) is 24.1 Å². The lowest BCUT2D eigenvalue weighted by Crippen LogP contribution is -2.44. The van der Waals surface area contributed by atoms with Crippen molar-refractivity contribution in [2.45, 2.75) is 33.1 Å². The Bertz CT molecular complexity index is 986. The summed E-state index contributed by atoms with van der Waals surface area (Å²) in [5.41, 5.74) is 3.60. The zero-order valence-corrected chi connectivity index (χ0v) is 18.6. The fraction of sp³-hybridized carbons (Fsp3) is 0.500. The van der Waals surface area contributed by atoms with Gasteiger partial charge in [0.15, 0.2) is 0 Å². The summed E-state index contributed by atoms with van der Waals surface area (Å²) in [6.45, 7) is 5.53. The Hall–Kier alpha value is -1.90. The quantitative estimate of drug-likeness (QED) is 0.750. The molecule has 158 valence electrons. The topological polar surface area (TPSA) is 84.3 Å². The lowest BCUT2D eigenvalue weighted by Gasteiger charge is -2.33. The second-order valence-electron chi connectivity index (χ2n) is 7.68. The van der Waals surface area contributed by atoms with Crippen LogP contribution in [0.5, 0.6) is 0 Å². The molecule has 9 heteroatoms. The molecular formula is C20H27ClN4O3S. The molecule has 0 radical (unpaired) electrons. The van der Waals surface area contributed by atoms with E-state index in [0.717, 1.165) is 41.7 Å². The number of likely N-dealkylation sites (tertiary alicyclic amines) is 1. The molecule has 1 atom stereocenters. The highest BCUT2D eigenvalue weighted by Crippen LogP contribution is 2.22. The summed E-state index contributed by atoms with van der Waals surface area (Å²) in [5.74, 6) is 0.192. The summed E-state index contributed by atoms with van der Waals surface area (Å²) < 4.78 is 27.1. The smallest absolute Gasteiger partial charge is 0.227 e. The van der Waals surface area contributed by atoms with Crippen LogP contribution in [0.3, 0.4) is 0 Å². The number of rotatable bonds is 6. The largest absolute Gasteiger partial charge is 0.342 e. The number of aromatic nitrogens is 2. The van der Waals surface area contributed by atoms with Gasteiger partial charge in [-0.3, -0.25) is 4.79 Å². The predicted octanol–water partition coefficient (Wildman–Crippen LogP) is 2.47. The number of aryl methyl sites for hydroxylation is 1. The first-order valence-electron chi connectivity index (χ1n) is 9.67. The van der Waals surface area contributed by atoms with Crippen molar-refractivity contribution in [3.8, 4) is 5.69 Å². The summed E-state index contributed by atoms with van der Waals surface area (Å²) in [6.07, 6.45) is 3.24. The van der Waals surface area contributed by atoms with Gasteiger partial charge in [-0.2, -0.15) is 5.10 Å². The third-order valence-electron chi connectivity index (χ3n) is 5.35. The second-order valence-corrected chi connectivity index (χ2v) is 9.95. The Labute approximate surface area is 177 Å². The van der Waals surface area contributed by atoms with Gasteiger partial charge in [0, 0.05) is 35.9 Å². The van der Waals surface area contributed by atoms with E-state index in [0.29, 0.717) is 24.7 Å². The van der Waals surface area contributed by atoms with Gasteiger partial charge in [-0.05, 0) is 56.9 Å². The van der Waals surface area contributed by atoms with Crippen molar-refractivity contribution in [2.24, 2.45) is 5.92 Å². The summed E-state index contributed by atoms with van der Waals surface area (Å²) in [7, 11) is -3.22. The van der Waals surface area contributed by atoms with Gasteiger partial charge in [0.25, 0.3) is 0 Å². The van der Waals surface area contributed by atoms with Crippen LogP contribution in [-0.2, 0) is 21.2 Å². The molecule has 0 saturated carbocycles.